The van der Waals surface area contributed by atoms with Crippen LogP contribution in [0, 0.1) is 12.7 Å². The van der Waals surface area contributed by atoms with Crippen molar-refractivity contribution in [2.24, 2.45) is 0 Å². The number of amides is 1. The third kappa shape index (κ3) is 4.57. The average Bonchev–Trinajstić information content (AvgIpc) is 3.13. The normalized spacial score (nSPS) is 10.7. The van der Waals surface area contributed by atoms with Crippen LogP contribution in [-0.4, -0.2) is 24.2 Å². The maximum atomic E-state index is 13.0. The van der Waals surface area contributed by atoms with E-state index >= 15 is 0 Å². The van der Waals surface area contributed by atoms with Gasteiger partial charge in [-0.15, -0.1) is 0 Å². The number of benzene rings is 2. The number of carbonyl (C=O) groups is 1. The summed E-state index contributed by atoms with van der Waals surface area (Å²) >= 11 is 0. The Labute approximate surface area is 164 Å². The van der Waals surface area contributed by atoms with Crippen molar-refractivity contribution < 1.29 is 13.7 Å². The lowest BCUT2D eigenvalue weighted by molar-refractivity contribution is -0.115. The van der Waals surface area contributed by atoms with Gasteiger partial charge in [0.1, 0.15) is 5.82 Å². The van der Waals surface area contributed by atoms with Crippen LogP contribution in [0.3, 0.4) is 0 Å². The molecule has 0 aliphatic heterocycles. The van der Waals surface area contributed by atoms with Gasteiger partial charge in [0, 0.05) is 36.1 Å². The van der Waals surface area contributed by atoms with E-state index in [0.29, 0.717) is 17.0 Å². The van der Waals surface area contributed by atoms with Gasteiger partial charge in [0.15, 0.2) is 5.76 Å². The lowest BCUT2D eigenvalue weighted by atomic mass is 10.1. The minimum Gasteiger partial charge on any atom is -0.372 e. The molecule has 0 aliphatic rings. The van der Waals surface area contributed by atoms with E-state index in [-0.39, 0.29) is 18.1 Å². The SMILES string of the molecule is CCN(CC)c1ccc(NC(=O)Cc2cc(-c3ccc(F)cc3)on2)c(C)c1. The number of nitrogens with one attached hydrogen (secondary N) is 1. The first kappa shape index (κ1) is 19.6. The average molecular weight is 381 g/mol. The standard InChI is InChI=1S/C22H24FN3O2/c1-4-26(5-2)19-10-11-20(15(3)12-19)24-22(27)14-18-13-21(28-25-18)16-6-8-17(23)9-7-16/h6-13H,4-5,14H2,1-3H3,(H,24,27). The third-order valence-corrected chi connectivity index (χ3v) is 4.64. The number of rotatable bonds is 7. The van der Waals surface area contributed by atoms with E-state index in [1.165, 1.54) is 12.1 Å². The van der Waals surface area contributed by atoms with Gasteiger partial charge in [-0.3, -0.25) is 4.79 Å². The molecular formula is C22H24FN3O2. The Balaban J connectivity index is 1.65. The minimum atomic E-state index is -0.315. The lowest BCUT2D eigenvalue weighted by Gasteiger charge is -2.22. The Kier molecular flexibility index (Phi) is 6.09. The van der Waals surface area contributed by atoms with Gasteiger partial charge in [-0.2, -0.15) is 0 Å². The monoisotopic (exact) mass is 381 g/mol. The van der Waals surface area contributed by atoms with Crippen LogP contribution in [0.4, 0.5) is 15.8 Å². The highest BCUT2D eigenvalue weighted by molar-refractivity contribution is 5.93. The van der Waals surface area contributed by atoms with Crippen LogP contribution >= 0.6 is 0 Å². The second kappa shape index (κ2) is 8.69. The number of halogens is 1. The van der Waals surface area contributed by atoms with E-state index in [9.17, 15) is 9.18 Å². The summed E-state index contributed by atoms with van der Waals surface area (Å²) in [5.41, 5.74) is 4.16. The highest BCUT2D eigenvalue weighted by Crippen LogP contribution is 2.24. The lowest BCUT2D eigenvalue weighted by Crippen LogP contribution is -2.22. The molecule has 0 saturated heterocycles. The predicted octanol–water partition coefficient (Wildman–Crippen LogP) is 4.82. The van der Waals surface area contributed by atoms with Crippen molar-refractivity contribution in [3.8, 4) is 11.3 Å². The van der Waals surface area contributed by atoms with Gasteiger partial charge in [-0.25, -0.2) is 4.39 Å². The van der Waals surface area contributed by atoms with E-state index in [2.05, 4.69) is 35.3 Å². The maximum absolute atomic E-state index is 13.0. The minimum absolute atomic E-state index is 0.0991. The number of aryl methyl sites for hydroxylation is 1. The van der Waals surface area contributed by atoms with Crippen LogP contribution in [0.15, 0.2) is 53.1 Å². The molecule has 5 nitrogen and oxygen atoms in total. The second-order valence-electron chi connectivity index (χ2n) is 6.59. The van der Waals surface area contributed by atoms with Crippen LogP contribution in [0.2, 0.25) is 0 Å². The molecule has 3 rings (SSSR count). The number of aromatic nitrogens is 1. The van der Waals surface area contributed by atoms with Gasteiger partial charge in [0.05, 0.1) is 12.1 Å². The summed E-state index contributed by atoms with van der Waals surface area (Å²) in [6, 6.07) is 13.6. The molecule has 0 radical (unpaired) electrons. The number of hydrogen-bond donors (Lipinski definition) is 1. The molecule has 1 amide bonds. The molecule has 0 atom stereocenters. The van der Waals surface area contributed by atoms with E-state index < -0.39 is 0 Å². The first-order chi connectivity index (χ1) is 13.5. The molecule has 0 bridgehead atoms. The smallest absolute Gasteiger partial charge is 0.230 e. The van der Waals surface area contributed by atoms with Crippen LogP contribution in [0.5, 0.6) is 0 Å². The van der Waals surface area contributed by atoms with Gasteiger partial charge >= 0.3 is 0 Å². The molecular weight excluding hydrogens is 357 g/mol. The van der Waals surface area contributed by atoms with E-state index in [0.717, 1.165) is 30.0 Å². The fourth-order valence-corrected chi connectivity index (χ4v) is 3.08. The van der Waals surface area contributed by atoms with Crippen molar-refractivity contribution in [2.75, 3.05) is 23.3 Å². The summed E-state index contributed by atoms with van der Waals surface area (Å²) in [6.45, 7) is 8.08. The van der Waals surface area contributed by atoms with Crippen LogP contribution < -0.4 is 10.2 Å². The van der Waals surface area contributed by atoms with Crippen molar-refractivity contribution in [1.29, 1.82) is 0 Å². The molecule has 1 heterocycles. The highest BCUT2D eigenvalue weighted by Gasteiger charge is 2.13. The number of carbonyl (C=O) groups excluding carboxylic acids is 1. The molecule has 28 heavy (non-hydrogen) atoms. The van der Waals surface area contributed by atoms with E-state index in [1.807, 2.05) is 19.1 Å². The van der Waals surface area contributed by atoms with Crippen LogP contribution in [0.25, 0.3) is 11.3 Å². The molecule has 2 aromatic carbocycles. The molecule has 0 fully saturated rings. The summed E-state index contributed by atoms with van der Waals surface area (Å²) in [6.07, 6.45) is 0.0991. The molecule has 0 aliphatic carbocycles. The van der Waals surface area contributed by atoms with E-state index in [4.69, 9.17) is 4.52 Å². The molecule has 0 spiro atoms. The Morgan fingerprint density at radius 3 is 2.46 bits per heavy atom. The Morgan fingerprint density at radius 1 is 1.11 bits per heavy atom. The first-order valence-corrected chi connectivity index (χ1v) is 9.37. The zero-order valence-electron chi connectivity index (χ0n) is 16.3. The van der Waals surface area contributed by atoms with Gasteiger partial charge < -0.3 is 14.7 Å². The molecule has 3 aromatic rings. The Hall–Kier alpha value is -3.15. The summed E-state index contributed by atoms with van der Waals surface area (Å²) < 4.78 is 18.3. The van der Waals surface area contributed by atoms with Crippen molar-refractivity contribution >= 4 is 17.3 Å². The molecule has 1 aromatic heterocycles. The van der Waals surface area contributed by atoms with Gasteiger partial charge in [0.25, 0.3) is 0 Å². The quantitative estimate of drug-likeness (QED) is 0.638. The third-order valence-electron chi connectivity index (χ3n) is 4.64. The molecule has 0 unspecified atom stereocenters. The van der Waals surface area contributed by atoms with E-state index in [1.54, 1.807) is 18.2 Å². The number of hydrogen-bond acceptors (Lipinski definition) is 4. The summed E-state index contributed by atoms with van der Waals surface area (Å²) in [5, 5.41) is 6.87. The van der Waals surface area contributed by atoms with Gasteiger partial charge in [-0.05, 0) is 68.8 Å². The van der Waals surface area contributed by atoms with Crippen LogP contribution in [-0.2, 0) is 11.2 Å². The fourth-order valence-electron chi connectivity index (χ4n) is 3.08. The van der Waals surface area contributed by atoms with Crippen molar-refractivity contribution in [3.05, 3.63) is 65.6 Å². The first-order valence-electron chi connectivity index (χ1n) is 9.37. The maximum Gasteiger partial charge on any atom is 0.230 e. The predicted molar refractivity (Wildman–Crippen MR) is 109 cm³/mol. The topological polar surface area (TPSA) is 58.4 Å². The summed E-state index contributed by atoms with van der Waals surface area (Å²) in [7, 11) is 0. The Morgan fingerprint density at radius 2 is 1.82 bits per heavy atom. The fraction of sp³-hybridized carbons (Fsp3) is 0.273. The van der Waals surface area contributed by atoms with Crippen molar-refractivity contribution in [1.82, 2.24) is 5.16 Å². The second-order valence-corrected chi connectivity index (χ2v) is 6.59. The summed E-state index contributed by atoms with van der Waals surface area (Å²) in [5.74, 6) is 0.0189. The van der Waals surface area contributed by atoms with Gasteiger partial charge in [-0.1, -0.05) is 5.16 Å². The Bertz CT molecular complexity index is 947. The zero-order chi connectivity index (χ0) is 20.1. The highest BCUT2D eigenvalue weighted by atomic mass is 19.1. The van der Waals surface area contributed by atoms with Crippen LogP contribution in [0.1, 0.15) is 25.1 Å². The van der Waals surface area contributed by atoms with Gasteiger partial charge in [0.2, 0.25) is 5.91 Å². The summed E-state index contributed by atoms with van der Waals surface area (Å²) in [4.78, 5) is 14.7. The zero-order valence-corrected chi connectivity index (χ0v) is 16.3. The molecule has 6 heteroatoms. The number of anilines is 2. The van der Waals surface area contributed by atoms with Crippen molar-refractivity contribution in [3.63, 3.8) is 0 Å². The largest absolute Gasteiger partial charge is 0.372 e. The molecule has 0 saturated carbocycles. The van der Waals surface area contributed by atoms with Crippen molar-refractivity contribution in [2.45, 2.75) is 27.2 Å². The molecule has 146 valence electrons. The number of nitrogens with zero attached hydrogens (tertiary/aromatic N) is 2. The molecule has 1 N–H and O–H groups in total.